The Labute approximate surface area is 198 Å². The van der Waals surface area contributed by atoms with Crippen molar-refractivity contribution in [2.75, 3.05) is 26.0 Å². The lowest BCUT2D eigenvalue weighted by Gasteiger charge is -2.16. The maximum atomic E-state index is 12.7. The van der Waals surface area contributed by atoms with E-state index < -0.39 is 22.5 Å². The summed E-state index contributed by atoms with van der Waals surface area (Å²) in [5.74, 6) is -0.819. The number of sulfonamides is 1. The number of benzene rings is 1. The molecule has 3 aromatic rings. The molecule has 2 heterocycles. The van der Waals surface area contributed by atoms with Crippen molar-refractivity contribution >= 4 is 27.5 Å². The third-order valence-electron chi connectivity index (χ3n) is 5.02. The van der Waals surface area contributed by atoms with Crippen LogP contribution in [0.3, 0.4) is 0 Å². The molecule has 2 aromatic heterocycles. The summed E-state index contributed by atoms with van der Waals surface area (Å²) in [6.45, 7) is 3.48. The van der Waals surface area contributed by atoms with Gasteiger partial charge in [0.1, 0.15) is 12.0 Å². The lowest BCUT2D eigenvalue weighted by atomic mass is 9.97. The molecule has 0 aliphatic rings. The van der Waals surface area contributed by atoms with Gasteiger partial charge in [-0.1, -0.05) is 26.0 Å². The summed E-state index contributed by atoms with van der Waals surface area (Å²) in [5.41, 5.74) is 3.17. The molecule has 0 saturated carbocycles. The first-order chi connectivity index (χ1) is 16.0. The molecule has 0 atom stereocenters. The standard InChI is InChI=1S/C22H27N7O4S/c1-14(2)17-7-6-15(16-10-23-13-24-11-16)8-18(17)26-20(30)12-25-34(32,33)21-9-19(29(5)27-21)22(31)28(3)4/h6-11,13-14,25H,12H2,1-5H3,(H,26,30). The number of amides is 2. The van der Waals surface area contributed by atoms with Crippen molar-refractivity contribution in [3.05, 3.63) is 54.2 Å². The highest BCUT2D eigenvalue weighted by atomic mass is 32.2. The first-order valence-electron chi connectivity index (χ1n) is 10.4. The van der Waals surface area contributed by atoms with Crippen molar-refractivity contribution in [1.82, 2.24) is 29.4 Å². The number of anilines is 1. The van der Waals surface area contributed by atoms with Crippen LogP contribution in [-0.4, -0.2) is 65.5 Å². The van der Waals surface area contributed by atoms with E-state index in [1.165, 1.54) is 29.0 Å². The smallest absolute Gasteiger partial charge is 0.271 e. The molecule has 12 heteroatoms. The van der Waals surface area contributed by atoms with Gasteiger partial charge in [-0.2, -0.15) is 5.10 Å². The van der Waals surface area contributed by atoms with Crippen LogP contribution in [-0.2, 0) is 21.9 Å². The highest BCUT2D eigenvalue weighted by molar-refractivity contribution is 7.89. The number of hydrogen-bond acceptors (Lipinski definition) is 7. The van der Waals surface area contributed by atoms with E-state index in [0.717, 1.165) is 16.7 Å². The summed E-state index contributed by atoms with van der Waals surface area (Å²) in [5, 5.41) is 6.34. The lowest BCUT2D eigenvalue weighted by molar-refractivity contribution is -0.115. The monoisotopic (exact) mass is 485 g/mol. The predicted octanol–water partition coefficient (Wildman–Crippen LogP) is 1.62. The van der Waals surface area contributed by atoms with Gasteiger partial charge in [-0.15, -0.1) is 0 Å². The molecule has 0 spiro atoms. The summed E-state index contributed by atoms with van der Waals surface area (Å²) in [6.07, 6.45) is 4.76. The molecule has 2 N–H and O–H groups in total. The van der Waals surface area contributed by atoms with Gasteiger partial charge in [0.05, 0.1) is 6.54 Å². The molecule has 0 unspecified atom stereocenters. The van der Waals surface area contributed by atoms with Gasteiger partial charge in [0.2, 0.25) is 5.91 Å². The second-order valence-electron chi connectivity index (χ2n) is 8.15. The van der Waals surface area contributed by atoms with E-state index >= 15 is 0 Å². The zero-order chi connectivity index (χ0) is 25.0. The van der Waals surface area contributed by atoms with Crippen LogP contribution in [0.25, 0.3) is 11.1 Å². The molecule has 180 valence electrons. The van der Waals surface area contributed by atoms with Crippen LogP contribution in [0.5, 0.6) is 0 Å². The molecule has 0 aliphatic carbocycles. The van der Waals surface area contributed by atoms with Crippen molar-refractivity contribution in [3.8, 4) is 11.1 Å². The van der Waals surface area contributed by atoms with E-state index in [1.54, 1.807) is 32.6 Å². The Morgan fingerprint density at radius 2 is 1.76 bits per heavy atom. The Bertz CT molecular complexity index is 1300. The molecule has 11 nitrogen and oxygen atoms in total. The summed E-state index contributed by atoms with van der Waals surface area (Å²) < 4.78 is 28.7. The molecular weight excluding hydrogens is 458 g/mol. The van der Waals surface area contributed by atoms with Crippen LogP contribution in [0.2, 0.25) is 0 Å². The van der Waals surface area contributed by atoms with Crippen molar-refractivity contribution in [3.63, 3.8) is 0 Å². The Hall–Kier alpha value is -3.64. The van der Waals surface area contributed by atoms with Gasteiger partial charge in [0.25, 0.3) is 15.9 Å². The maximum Gasteiger partial charge on any atom is 0.271 e. The Balaban J connectivity index is 1.76. The summed E-state index contributed by atoms with van der Waals surface area (Å²) >= 11 is 0. The van der Waals surface area contributed by atoms with Gasteiger partial charge in [-0.05, 0) is 23.1 Å². The molecule has 0 radical (unpaired) electrons. The number of nitrogens with one attached hydrogen (secondary N) is 2. The molecule has 0 fully saturated rings. The van der Waals surface area contributed by atoms with Crippen LogP contribution in [0.4, 0.5) is 5.69 Å². The molecule has 3 rings (SSSR count). The zero-order valence-electron chi connectivity index (χ0n) is 19.6. The van der Waals surface area contributed by atoms with Gasteiger partial charge in [-0.3, -0.25) is 14.3 Å². The summed E-state index contributed by atoms with van der Waals surface area (Å²) in [7, 11) is 0.463. The molecule has 1 aromatic carbocycles. The second kappa shape index (κ2) is 10.1. The number of aromatic nitrogens is 4. The van der Waals surface area contributed by atoms with E-state index in [1.807, 2.05) is 26.0 Å². The number of carbonyl (C=O) groups is 2. The average Bonchev–Trinajstić information content (AvgIpc) is 3.20. The molecule has 0 aliphatic heterocycles. The normalized spacial score (nSPS) is 11.5. The minimum Gasteiger partial charge on any atom is -0.343 e. The average molecular weight is 486 g/mol. The quantitative estimate of drug-likeness (QED) is 0.494. The second-order valence-corrected chi connectivity index (χ2v) is 9.86. The molecule has 0 saturated heterocycles. The van der Waals surface area contributed by atoms with Crippen molar-refractivity contribution in [2.45, 2.75) is 24.8 Å². The molecule has 2 amide bonds. The first kappa shape index (κ1) is 25.0. The third kappa shape index (κ3) is 5.64. The number of aryl methyl sites for hydroxylation is 1. The fourth-order valence-corrected chi connectivity index (χ4v) is 4.19. The van der Waals surface area contributed by atoms with Crippen molar-refractivity contribution < 1.29 is 18.0 Å². The predicted molar refractivity (Wildman–Crippen MR) is 127 cm³/mol. The molecule has 0 bridgehead atoms. The lowest BCUT2D eigenvalue weighted by Crippen LogP contribution is -2.33. The Morgan fingerprint density at radius 3 is 2.38 bits per heavy atom. The Kier molecular flexibility index (Phi) is 7.42. The van der Waals surface area contributed by atoms with Crippen LogP contribution in [0.1, 0.15) is 35.8 Å². The van der Waals surface area contributed by atoms with Crippen molar-refractivity contribution in [2.24, 2.45) is 7.05 Å². The van der Waals surface area contributed by atoms with E-state index in [-0.39, 0.29) is 22.5 Å². The zero-order valence-corrected chi connectivity index (χ0v) is 20.4. The van der Waals surface area contributed by atoms with Crippen LogP contribution in [0.15, 0.2) is 48.0 Å². The van der Waals surface area contributed by atoms with Crippen LogP contribution >= 0.6 is 0 Å². The van der Waals surface area contributed by atoms with Crippen molar-refractivity contribution in [1.29, 1.82) is 0 Å². The topological polar surface area (TPSA) is 139 Å². The van der Waals surface area contributed by atoms with Gasteiger partial charge in [-0.25, -0.2) is 23.1 Å². The van der Waals surface area contributed by atoms with E-state index in [4.69, 9.17) is 0 Å². The summed E-state index contributed by atoms with van der Waals surface area (Å²) in [4.78, 5) is 34.2. The van der Waals surface area contributed by atoms with Gasteiger partial charge in [0.15, 0.2) is 5.03 Å². The number of hydrogen-bond donors (Lipinski definition) is 2. The fraction of sp³-hybridized carbons (Fsp3) is 0.318. The minimum atomic E-state index is -4.12. The van der Waals surface area contributed by atoms with E-state index in [2.05, 4.69) is 25.1 Å². The number of rotatable bonds is 8. The minimum absolute atomic E-state index is 0.109. The number of nitrogens with zero attached hydrogens (tertiary/aromatic N) is 5. The Morgan fingerprint density at radius 1 is 1.09 bits per heavy atom. The van der Waals surface area contributed by atoms with E-state index in [9.17, 15) is 18.0 Å². The highest BCUT2D eigenvalue weighted by Gasteiger charge is 2.24. The largest absolute Gasteiger partial charge is 0.343 e. The van der Waals surface area contributed by atoms with E-state index in [0.29, 0.717) is 5.69 Å². The van der Waals surface area contributed by atoms with Gasteiger partial charge in [0, 0.05) is 50.9 Å². The fourth-order valence-electron chi connectivity index (χ4n) is 3.23. The van der Waals surface area contributed by atoms with Gasteiger partial charge < -0.3 is 10.2 Å². The summed E-state index contributed by atoms with van der Waals surface area (Å²) in [6, 6.07) is 6.80. The molecular formula is C22H27N7O4S. The third-order valence-corrected chi connectivity index (χ3v) is 6.30. The maximum absolute atomic E-state index is 12.7. The van der Waals surface area contributed by atoms with Crippen LogP contribution < -0.4 is 10.0 Å². The number of carbonyl (C=O) groups excluding carboxylic acids is 2. The van der Waals surface area contributed by atoms with Crippen LogP contribution in [0, 0.1) is 0 Å². The SMILES string of the molecule is CC(C)c1ccc(-c2cncnc2)cc1NC(=O)CNS(=O)(=O)c1cc(C(=O)N(C)C)n(C)n1. The molecule has 34 heavy (non-hydrogen) atoms. The van der Waals surface area contributed by atoms with Gasteiger partial charge >= 0.3 is 0 Å². The highest BCUT2D eigenvalue weighted by Crippen LogP contribution is 2.29. The first-order valence-corrected chi connectivity index (χ1v) is 11.9.